The molecular weight excluding hydrogens is 394 g/mol. The number of carbonyl (C=O) groups is 2. The molecule has 3 N–H and O–H groups in total. The Morgan fingerprint density at radius 3 is 2.42 bits per heavy atom. The van der Waals surface area contributed by atoms with Gasteiger partial charge in [0.15, 0.2) is 0 Å². The van der Waals surface area contributed by atoms with E-state index in [-0.39, 0.29) is 16.9 Å². The molecule has 7 heteroatoms. The third kappa shape index (κ3) is 4.25. The molecule has 0 aliphatic rings. The van der Waals surface area contributed by atoms with E-state index in [1.165, 1.54) is 12.1 Å². The number of aryl methyl sites for hydroxylation is 1. The van der Waals surface area contributed by atoms with Crippen molar-refractivity contribution in [2.45, 2.75) is 13.0 Å². The summed E-state index contributed by atoms with van der Waals surface area (Å²) in [5.74, 6) is -1.28. The summed E-state index contributed by atoms with van der Waals surface area (Å²) in [7, 11) is 1.82. The summed E-state index contributed by atoms with van der Waals surface area (Å²) in [5.41, 5.74) is 3.71. The quantitative estimate of drug-likeness (QED) is 0.450. The highest BCUT2D eigenvalue weighted by Gasteiger charge is 2.15. The van der Waals surface area contributed by atoms with Crippen molar-refractivity contribution in [3.8, 4) is 0 Å². The maximum absolute atomic E-state index is 13.0. The minimum absolute atomic E-state index is 0.183. The van der Waals surface area contributed by atoms with E-state index in [0.717, 1.165) is 11.1 Å². The first kappa shape index (κ1) is 20.2. The fourth-order valence-electron chi connectivity index (χ4n) is 3.52. The molecule has 4 rings (SSSR count). The molecule has 0 atom stereocenters. The molecule has 0 saturated heterocycles. The highest BCUT2D eigenvalue weighted by atomic mass is 16.4. The number of carboxylic acid groups (broad SMARTS) is 1. The first-order chi connectivity index (χ1) is 14.9. The van der Waals surface area contributed by atoms with Gasteiger partial charge in [0, 0.05) is 31.8 Å². The topological polar surface area (TPSA) is 104 Å². The average Bonchev–Trinajstić information content (AvgIpc) is 3.23. The van der Waals surface area contributed by atoms with E-state index in [1.54, 1.807) is 24.4 Å². The van der Waals surface area contributed by atoms with Crippen molar-refractivity contribution in [1.29, 1.82) is 0 Å². The molecule has 7 nitrogen and oxygen atoms in total. The lowest BCUT2D eigenvalue weighted by atomic mass is 10.0. The minimum Gasteiger partial charge on any atom is -0.478 e. The molecule has 0 saturated carbocycles. The molecule has 0 aliphatic carbocycles. The Hall–Kier alpha value is -4.13. The number of nitrogens with zero attached hydrogens (tertiary/aromatic N) is 1. The van der Waals surface area contributed by atoms with Gasteiger partial charge in [-0.1, -0.05) is 42.5 Å². The number of benzene rings is 2. The normalized spacial score (nSPS) is 10.9. The number of amides is 1. The first-order valence-electron chi connectivity index (χ1n) is 9.78. The Bertz CT molecular complexity index is 1320. The molecule has 0 aliphatic heterocycles. The van der Waals surface area contributed by atoms with Crippen molar-refractivity contribution >= 4 is 22.9 Å². The van der Waals surface area contributed by atoms with Crippen molar-refractivity contribution in [1.82, 2.24) is 14.9 Å². The Labute approximate surface area is 178 Å². The zero-order valence-electron chi connectivity index (χ0n) is 16.9. The Morgan fingerprint density at radius 1 is 1.03 bits per heavy atom. The number of carbonyl (C=O) groups excluding carboxylic acids is 1. The maximum Gasteiger partial charge on any atom is 0.335 e. The molecule has 0 bridgehead atoms. The largest absolute Gasteiger partial charge is 0.478 e. The second kappa shape index (κ2) is 8.31. The molecule has 0 spiro atoms. The van der Waals surface area contributed by atoms with Gasteiger partial charge in [0.1, 0.15) is 11.2 Å². The Kier molecular flexibility index (Phi) is 5.41. The van der Waals surface area contributed by atoms with Gasteiger partial charge < -0.3 is 20.0 Å². The van der Waals surface area contributed by atoms with Crippen LogP contribution in [-0.4, -0.2) is 26.5 Å². The van der Waals surface area contributed by atoms with Crippen LogP contribution in [0.3, 0.4) is 0 Å². The summed E-state index contributed by atoms with van der Waals surface area (Å²) in [5, 5.41) is 11.9. The summed E-state index contributed by atoms with van der Waals surface area (Å²) in [6.07, 6.45) is 2.10. The summed E-state index contributed by atoms with van der Waals surface area (Å²) in [4.78, 5) is 39.6. The van der Waals surface area contributed by atoms with Crippen molar-refractivity contribution in [3.05, 3.63) is 105 Å². The number of aromatic nitrogens is 2. The molecule has 0 unspecified atom stereocenters. The van der Waals surface area contributed by atoms with Crippen LogP contribution in [0.4, 0.5) is 0 Å². The summed E-state index contributed by atoms with van der Waals surface area (Å²) >= 11 is 0. The number of pyridine rings is 1. The highest BCUT2D eigenvalue weighted by Crippen LogP contribution is 2.15. The van der Waals surface area contributed by atoms with E-state index in [1.807, 2.05) is 41.9 Å². The molecule has 1 amide bonds. The smallest absolute Gasteiger partial charge is 0.335 e. The summed E-state index contributed by atoms with van der Waals surface area (Å²) in [6.45, 7) is 0.392. The third-order valence-electron chi connectivity index (χ3n) is 5.18. The zero-order valence-corrected chi connectivity index (χ0v) is 16.9. The van der Waals surface area contributed by atoms with E-state index < -0.39 is 5.97 Å². The molecule has 4 aromatic rings. The predicted octanol–water partition coefficient (Wildman–Crippen LogP) is 3.09. The Balaban J connectivity index is 1.58. The Morgan fingerprint density at radius 2 is 1.74 bits per heavy atom. The molecular formula is C24H21N3O4. The molecule has 2 aromatic carbocycles. The van der Waals surface area contributed by atoms with Gasteiger partial charge >= 0.3 is 5.97 Å². The van der Waals surface area contributed by atoms with Crippen LogP contribution in [0.25, 0.3) is 11.0 Å². The van der Waals surface area contributed by atoms with Crippen LogP contribution in [0.5, 0.6) is 0 Å². The van der Waals surface area contributed by atoms with E-state index in [0.29, 0.717) is 35.3 Å². The number of aromatic amines is 1. The van der Waals surface area contributed by atoms with Crippen LogP contribution in [0.2, 0.25) is 0 Å². The number of nitrogens with one attached hydrogen (secondary N) is 2. The number of rotatable bonds is 6. The number of H-pyrrole nitrogens is 1. The van der Waals surface area contributed by atoms with Gasteiger partial charge in [-0.2, -0.15) is 0 Å². The van der Waals surface area contributed by atoms with Crippen LogP contribution in [-0.2, 0) is 20.0 Å². The molecule has 2 aromatic heterocycles. The van der Waals surface area contributed by atoms with Gasteiger partial charge in [0.2, 0.25) is 5.43 Å². The van der Waals surface area contributed by atoms with Crippen molar-refractivity contribution in [2.24, 2.45) is 7.05 Å². The number of aromatic carboxylic acids is 1. The number of fused-ring (bicyclic) bond motifs is 1. The number of hydrogen-bond donors (Lipinski definition) is 3. The van der Waals surface area contributed by atoms with Gasteiger partial charge in [-0.3, -0.25) is 9.59 Å². The van der Waals surface area contributed by atoms with Crippen LogP contribution in [0, 0.1) is 0 Å². The highest BCUT2D eigenvalue weighted by molar-refractivity contribution is 5.97. The lowest BCUT2D eigenvalue weighted by Gasteiger charge is -2.06. The van der Waals surface area contributed by atoms with Crippen LogP contribution in [0.1, 0.15) is 37.5 Å². The monoisotopic (exact) mass is 415 g/mol. The van der Waals surface area contributed by atoms with Gasteiger partial charge in [-0.25, -0.2) is 4.79 Å². The maximum atomic E-state index is 13.0. The summed E-state index contributed by atoms with van der Waals surface area (Å²) in [6, 6.07) is 17.7. The zero-order chi connectivity index (χ0) is 22.0. The molecule has 0 fully saturated rings. The van der Waals surface area contributed by atoms with E-state index in [4.69, 9.17) is 5.11 Å². The fourth-order valence-corrected chi connectivity index (χ4v) is 3.52. The molecule has 156 valence electrons. The van der Waals surface area contributed by atoms with Gasteiger partial charge in [-0.05, 0) is 29.3 Å². The third-order valence-corrected chi connectivity index (χ3v) is 5.18. The first-order valence-corrected chi connectivity index (χ1v) is 9.78. The van der Waals surface area contributed by atoms with E-state index in [9.17, 15) is 14.4 Å². The lowest BCUT2D eigenvalue weighted by Crippen LogP contribution is -2.23. The van der Waals surface area contributed by atoms with Gasteiger partial charge in [0.25, 0.3) is 5.91 Å². The van der Waals surface area contributed by atoms with E-state index >= 15 is 0 Å². The standard InChI is InChI=1S/C24H21N3O4/c1-27-14-18(11-15-7-9-17(10-8-15)24(30)31)22(28)21-20(27)12-19(26-21)23(29)25-13-16-5-3-2-4-6-16/h2-10,12,14,26H,11,13H2,1H3,(H,25,29)(H,30,31). The van der Waals surface area contributed by atoms with Gasteiger partial charge in [0.05, 0.1) is 11.1 Å². The van der Waals surface area contributed by atoms with Crippen LogP contribution < -0.4 is 10.7 Å². The number of hydrogen-bond acceptors (Lipinski definition) is 3. The molecule has 0 radical (unpaired) electrons. The lowest BCUT2D eigenvalue weighted by molar-refractivity contribution is 0.0696. The van der Waals surface area contributed by atoms with Crippen molar-refractivity contribution < 1.29 is 14.7 Å². The van der Waals surface area contributed by atoms with E-state index in [2.05, 4.69) is 10.3 Å². The van der Waals surface area contributed by atoms with Crippen molar-refractivity contribution in [3.63, 3.8) is 0 Å². The van der Waals surface area contributed by atoms with Gasteiger partial charge in [-0.15, -0.1) is 0 Å². The molecule has 31 heavy (non-hydrogen) atoms. The predicted molar refractivity (Wildman–Crippen MR) is 117 cm³/mol. The second-order valence-corrected chi connectivity index (χ2v) is 7.38. The van der Waals surface area contributed by atoms with Crippen LogP contribution in [0.15, 0.2) is 71.7 Å². The summed E-state index contributed by atoms with van der Waals surface area (Å²) < 4.78 is 1.81. The SMILES string of the molecule is Cn1cc(Cc2ccc(C(=O)O)cc2)c(=O)c2[nH]c(C(=O)NCc3ccccc3)cc21. The minimum atomic E-state index is -0.992. The fraction of sp³-hybridized carbons (Fsp3) is 0.125. The van der Waals surface area contributed by atoms with Crippen LogP contribution >= 0.6 is 0 Å². The van der Waals surface area contributed by atoms with Crippen molar-refractivity contribution in [2.75, 3.05) is 0 Å². The number of carboxylic acids is 1. The average molecular weight is 415 g/mol. The molecule has 2 heterocycles. The second-order valence-electron chi connectivity index (χ2n) is 7.38.